The van der Waals surface area contributed by atoms with Gasteiger partial charge in [-0.15, -0.1) is 0 Å². The molecule has 0 bridgehead atoms. The first kappa shape index (κ1) is 7.80. The van der Waals surface area contributed by atoms with Crippen molar-refractivity contribution in [3.63, 3.8) is 0 Å². The van der Waals surface area contributed by atoms with E-state index >= 15 is 0 Å². The highest BCUT2D eigenvalue weighted by Gasteiger charge is 2.20. The van der Waals surface area contributed by atoms with Crippen molar-refractivity contribution < 1.29 is 0 Å². The second-order valence-electron chi connectivity index (χ2n) is 3.59. The molecule has 1 aliphatic rings. The quantitative estimate of drug-likeness (QED) is 0.704. The molecule has 1 aromatic rings. The summed E-state index contributed by atoms with van der Waals surface area (Å²) in [5, 5.41) is 10.3. The van der Waals surface area contributed by atoms with Gasteiger partial charge < -0.3 is 5.32 Å². The van der Waals surface area contributed by atoms with Crippen LogP contribution in [0.5, 0.6) is 0 Å². The van der Waals surface area contributed by atoms with Gasteiger partial charge in [0.2, 0.25) is 0 Å². The SMILES string of the molecule is Cc1[nH]ncc1CNCC1CC1. The number of aromatic nitrogens is 2. The molecule has 3 nitrogen and oxygen atoms in total. The Morgan fingerprint density at radius 1 is 1.67 bits per heavy atom. The molecule has 0 radical (unpaired) electrons. The van der Waals surface area contributed by atoms with Gasteiger partial charge in [-0.1, -0.05) is 0 Å². The Labute approximate surface area is 72.6 Å². The highest BCUT2D eigenvalue weighted by atomic mass is 15.1. The van der Waals surface area contributed by atoms with E-state index in [1.807, 2.05) is 6.20 Å². The highest BCUT2D eigenvalue weighted by Crippen LogP contribution is 2.27. The molecule has 1 aliphatic carbocycles. The lowest BCUT2D eigenvalue weighted by Gasteiger charge is -2.01. The number of hydrogen-bond donors (Lipinski definition) is 2. The summed E-state index contributed by atoms with van der Waals surface area (Å²) < 4.78 is 0. The van der Waals surface area contributed by atoms with E-state index in [-0.39, 0.29) is 0 Å². The van der Waals surface area contributed by atoms with E-state index in [9.17, 15) is 0 Å². The van der Waals surface area contributed by atoms with Gasteiger partial charge >= 0.3 is 0 Å². The van der Waals surface area contributed by atoms with Gasteiger partial charge in [0.05, 0.1) is 6.20 Å². The van der Waals surface area contributed by atoms with Crippen molar-refractivity contribution in [2.75, 3.05) is 6.54 Å². The Hall–Kier alpha value is -0.830. The van der Waals surface area contributed by atoms with Crippen LogP contribution < -0.4 is 5.32 Å². The van der Waals surface area contributed by atoms with Crippen LogP contribution in [0.2, 0.25) is 0 Å². The van der Waals surface area contributed by atoms with E-state index in [4.69, 9.17) is 0 Å². The van der Waals surface area contributed by atoms with E-state index in [2.05, 4.69) is 22.4 Å². The number of nitrogens with one attached hydrogen (secondary N) is 2. The minimum atomic E-state index is 0.956. The van der Waals surface area contributed by atoms with Gasteiger partial charge in [-0.3, -0.25) is 5.10 Å². The van der Waals surface area contributed by atoms with Crippen LogP contribution >= 0.6 is 0 Å². The molecule has 1 saturated carbocycles. The molecule has 12 heavy (non-hydrogen) atoms. The van der Waals surface area contributed by atoms with Crippen molar-refractivity contribution >= 4 is 0 Å². The highest BCUT2D eigenvalue weighted by molar-refractivity contribution is 5.13. The van der Waals surface area contributed by atoms with Gasteiger partial charge in [0.25, 0.3) is 0 Å². The molecule has 1 heterocycles. The topological polar surface area (TPSA) is 40.7 Å². The fourth-order valence-corrected chi connectivity index (χ4v) is 1.29. The van der Waals surface area contributed by atoms with Crippen LogP contribution in [0.4, 0.5) is 0 Å². The number of H-pyrrole nitrogens is 1. The summed E-state index contributed by atoms with van der Waals surface area (Å²) in [5.74, 6) is 0.956. The van der Waals surface area contributed by atoms with Crippen LogP contribution in [0.15, 0.2) is 6.20 Å². The maximum atomic E-state index is 3.97. The summed E-state index contributed by atoms with van der Waals surface area (Å²) in [4.78, 5) is 0. The fourth-order valence-electron chi connectivity index (χ4n) is 1.29. The Kier molecular flexibility index (Phi) is 2.13. The first-order valence-corrected chi connectivity index (χ1v) is 4.56. The lowest BCUT2D eigenvalue weighted by molar-refractivity contribution is 0.637. The van der Waals surface area contributed by atoms with Crippen LogP contribution in [0, 0.1) is 12.8 Å². The van der Waals surface area contributed by atoms with Crippen LogP contribution in [-0.2, 0) is 6.54 Å². The molecular weight excluding hydrogens is 150 g/mol. The van der Waals surface area contributed by atoms with Gasteiger partial charge in [-0.25, -0.2) is 0 Å². The zero-order chi connectivity index (χ0) is 8.39. The minimum Gasteiger partial charge on any atom is -0.312 e. The molecule has 2 rings (SSSR count). The maximum absolute atomic E-state index is 3.97. The standard InChI is InChI=1S/C9H15N3/c1-7-9(6-11-12-7)5-10-4-8-2-3-8/h6,8,10H,2-5H2,1H3,(H,11,12). The van der Waals surface area contributed by atoms with E-state index in [0.717, 1.165) is 12.5 Å². The minimum absolute atomic E-state index is 0.956. The first-order valence-electron chi connectivity index (χ1n) is 4.56. The second-order valence-corrected chi connectivity index (χ2v) is 3.59. The third kappa shape index (κ3) is 1.85. The summed E-state index contributed by atoms with van der Waals surface area (Å²) >= 11 is 0. The maximum Gasteiger partial charge on any atom is 0.0535 e. The zero-order valence-electron chi connectivity index (χ0n) is 7.43. The molecule has 0 aromatic carbocycles. The molecule has 2 N–H and O–H groups in total. The van der Waals surface area contributed by atoms with Crippen LogP contribution in [0.25, 0.3) is 0 Å². The summed E-state index contributed by atoms with van der Waals surface area (Å²) in [7, 11) is 0. The van der Waals surface area contributed by atoms with Crippen molar-refractivity contribution in [3.05, 3.63) is 17.5 Å². The number of rotatable bonds is 4. The Balaban J connectivity index is 1.75. The van der Waals surface area contributed by atoms with E-state index in [0.29, 0.717) is 0 Å². The molecule has 0 atom stereocenters. The average molecular weight is 165 g/mol. The smallest absolute Gasteiger partial charge is 0.0535 e. The Morgan fingerprint density at radius 2 is 2.50 bits per heavy atom. The zero-order valence-corrected chi connectivity index (χ0v) is 7.43. The monoisotopic (exact) mass is 165 g/mol. The molecule has 66 valence electrons. The largest absolute Gasteiger partial charge is 0.312 e. The van der Waals surface area contributed by atoms with Gasteiger partial charge in [-0.05, 0) is 32.2 Å². The molecule has 1 fully saturated rings. The third-order valence-corrected chi connectivity index (χ3v) is 2.38. The second kappa shape index (κ2) is 3.27. The van der Waals surface area contributed by atoms with Crippen LogP contribution in [0.1, 0.15) is 24.1 Å². The van der Waals surface area contributed by atoms with Crippen molar-refractivity contribution in [1.29, 1.82) is 0 Å². The summed E-state index contributed by atoms with van der Waals surface area (Å²) in [6.45, 7) is 4.19. The van der Waals surface area contributed by atoms with E-state index in [1.165, 1.54) is 30.6 Å². The molecule has 3 heteroatoms. The number of aryl methyl sites for hydroxylation is 1. The van der Waals surface area contributed by atoms with Gasteiger partial charge in [0, 0.05) is 17.8 Å². The fraction of sp³-hybridized carbons (Fsp3) is 0.667. The van der Waals surface area contributed by atoms with Crippen LogP contribution in [0.3, 0.4) is 0 Å². The van der Waals surface area contributed by atoms with Gasteiger partial charge in [-0.2, -0.15) is 5.10 Å². The van der Waals surface area contributed by atoms with Crippen molar-refractivity contribution in [2.24, 2.45) is 5.92 Å². The van der Waals surface area contributed by atoms with Crippen molar-refractivity contribution in [1.82, 2.24) is 15.5 Å². The first-order chi connectivity index (χ1) is 5.86. The Bertz CT molecular complexity index is 250. The van der Waals surface area contributed by atoms with Gasteiger partial charge in [0.15, 0.2) is 0 Å². The lowest BCUT2D eigenvalue weighted by atomic mass is 10.2. The number of nitrogens with zero attached hydrogens (tertiary/aromatic N) is 1. The van der Waals surface area contributed by atoms with Gasteiger partial charge in [0.1, 0.15) is 0 Å². The van der Waals surface area contributed by atoms with E-state index in [1.54, 1.807) is 0 Å². The molecule has 0 unspecified atom stereocenters. The van der Waals surface area contributed by atoms with Crippen molar-refractivity contribution in [2.45, 2.75) is 26.3 Å². The van der Waals surface area contributed by atoms with Crippen LogP contribution in [-0.4, -0.2) is 16.7 Å². The molecule has 1 aromatic heterocycles. The van der Waals surface area contributed by atoms with Crippen molar-refractivity contribution in [3.8, 4) is 0 Å². The summed E-state index contributed by atoms with van der Waals surface area (Å²) in [6, 6.07) is 0. The summed E-state index contributed by atoms with van der Waals surface area (Å²) in [6.07, 6.45) is 4.73. The molecular formula is C9H15N3. The predicted molar refractivity (Wildman–Crippen MR) is 47.8 cm³/mol. The predicted octanol–water partition coefficient (Wildman–Crippen LogP) is 1.22. The summed E-state index contributed by atoms with van der Waals surface area (Å²) in [5.41, 5.74) is 2.47. The molecule has 0 saturated heterocycles. The molecule has 0 spiro atoms. The third-order valence-electron chi connectivity index (χ3n) is 2.38. The number of hydrogen-bond acceptors (Lipinski definition) is 2. The number of aromatic amines is 1. The molecule has 0 aliphatic heterocycles. The normalized spacial score (nSPS) is 16.8. The van der Waals surface area contributed by atoms with E-state index < -0.39 is 0 Å². The lowest BCUT2D eigenvalue weighted by Crippen LogP contribution is -2.16. The average Bonchev–Trinajstić information content (AvgIpc) is 2.78. The molecule has 0 amide bonds. The Morgan fingerprint density at radius 3 is 3.08 bits per heavy atom.